The highest BCUT2D eigenvalue weighted by Crippen LogP contribution is 2.23. The third kappa shape index (κ3) is 2.46. The largest absolute Gasteiger partial charge is 0.193 e. The van der Waals surface area contributed by atoms with E-state index >= 15 is 0 Å². The lowest BCUT2D eigenvalue weighted by atomic mass is 10.1. The van der Waals surface area contributed by atoms with E-state index in [0.29, 0.717) is 0 Å². The van der Waals surface area contributed by atoms with E-state index in [9.17, 15) is 0 Å². The number of nitrogens with zero attached hydrogens (tertiary/aromatic N) is 1. The molecule has 0 bridgehead atoms. The van der Waals surface area contributed by atoms with Gasteiger partial charge >= 0.3 is 0 Å². The van der Waals surface area contributed by atoms with Gasteiger partial charge in [-0.25, -0.2) is 0 Å². The van der Waals surface area contributed by atoms with Crippen LogP contribution in [0.5, 0.6) is 0 Å². The quantitative estimate of drug-likeness (QED) is 0.691. The summed E-state index contributed by atoms with van der Waals surface area (Å²) in [5, 5.41) is 8.66. The first-order valence-electron chi connectivity index (χ1n) is 4.39. The summed E-state index contributed by atoms with van der Waals surface area (Å²) in [6.07, 6.45) is 1.90. The predicted octanol–water partition coefficient (Wildman–Crippen LogP) is 3.99. The Labute approximate surface area is 93.2 Å². The molecule has 0 atom stereocenters. The number of aryl methyl sites for hydroxylation is 2. The molecule has 0 N–H and O–H groups in total. The van der Waals surface area contributed by atoms with Crippen LogP contribution >= 0.6 is 15.9 Å². The standard InChI is InChI=1S/C12H12BrN/c1-8(7-14)4-11-5-9(2)12(13)10(3)6-11/h4-6H,1-3H3/b8-4+. The van der Waals surface area contributed by atoms with Crippen LogP contribution in [0.15, 0.2) is 22.2 Å². The summed E-state index contributed by atoms with van der Waals surface area (Å²) in [7, 11) is 0. The summed E-state index contributed by atoms with van der Waals surface area (Å²) in [5.74, 6) is 0. The van der Waals surface area contributed by atoms with Gasteiger partial charge in [-0.3, -0.25) is 0 Å². The van der Waals surface area contributed by atoms with Crippen LogP contribution in [0.4, 0.5) is 0 Å². The summed E-state index contributed by atoms with van der Waals surface area (Å²) in [6, 6.07) is 6.25. The Kier molecular flexibility index (Phi) is 3.49. The second kappa shape index (κ2) is 4.43. The zero-order chi connectivity index (χ0) is 10.7. The minimum absolute atomic E-state index is 0.728. The van der Waals surface area contributed by atoms with Gasteiger partial charge in [0.2, 0.25) is 0 Å². The monoisotopic (exact) mass is 249 g/mol. The lowest BCUT2D eigenvalue weighted by Gasteiger charge is -2.04. The van der Waals surface area contributed by atoms with Gasteiger partial charge in [0.05, 0.1) is 6.07 Å². The first-order chi connectivity index (χ1) is 6.54. The van der Waals surface area contributed by atoms with Crippen LogP contribution in [0.1, 0.15) is 23.6 Å². The highest BCUT2D eigenvalue weighted by atomic mass is 79.9. The second-order valence-corrected chi connectivity index (χ2v) is 4.20. The van der Waals surface area contributed by atoms with E-state index in [2.05, 4.69) is 48.0 Å². The fourth-order valence-electron chi connectivity index (χ4n) is 1.35. The first-order valence-corrected chi connectivity index (χ1v) is 5.19. The average molecular weight is 250 g/mol. The van der Waals surface area contributed by atoms with Crippen LogP contribution in [0.25, 0.3) is 6.08 Å². The topological polar surface area (TPSA) is 23.8 Å². The fourth-order valence-corrected chi connectivity index (χ4v) is 1.57. The molecular formula is C12H12BrN. The van der Waals surface area contributed by atoms with E-state index in [-0.39, 0.29) is 0 Å². The third-order valence-corrected chi connectivity index (χ3v) is 3.27. The van der Waals surface area contributed by atoms with Crippen LogP contribution in [0, 0.1) is 25.2 Å². The molecule has 0 amide bonds. The van der Waals surface area contributed by atoms with Gasteiger partial charge < -0.3 is 0 Å². The van der Waals surface area contributed by atoms with Gasteiger partial charge in [0, 0.05) is 10.0 Å². The molecule has 0 aromatic heterocycles. The summed E-state index contributed by atoms with van der Waals surface area (Å²) in [4.78, 5) is 0. The number of allylic oxidation sites excluding steroid dienone is 1. The Morgan fingerprint density at radius 2 is 1.86 bits per heavy atom. The van der Waals surface area contributed by atoms with Crippen molar-refractivity contribution in [1.29, 1.82) is 5.26 Å². The van der Waals surface area contributed by atoms with E-state index in [1.54, 1.807) is 0 Å². The fraction of sp³-hybridized carbons (Fsp3) is 0.250. The number of hydrogen-bond acceptors (Lipinski definition) is 1. The molecule has 1 aromatic carbocycles. The number of hydrogen-bond donors (Lipinski definition) is 0. The van der Waals surface area contributed by atoms with Gasteiger partial charge in [0.25, 0.3) is 0 Å². The van der Waals surface area contributed by atoms with E-state index in [1.807, 2.05) is 13.0 Å². The molecule has 0 fully saturated rings. The van der Waals surface area contributed by atoms with Crippen molar-refractivity contribution in [3.63, 3.8) is 0 Å². The highest BCUT2D eigenvalue weighted by Gasteiger charge is 2.00. The molecule has 2 heteroatoms. The van der Waals surface area contributed by atoms with Crippen molar-refractivity contribution >= 4 is 22.0 Å². The molecule has 0 aliphatic rings. The number of rotatable bonds is 1. The maximum atomic E-state index is 8.66. The SMILES string of the molecule is C/C(C#N)=C\c1cc(C)c(Br)c(C)c1. The molecule has 0 aliphatic carbocycles. The summed E-state index contributed by atoms with van der Waals surface area (Å²) < 4.78 is 1.14. The van der Waals surface area contributed by atoms with Gasteiger partial charge in [-0.05, 0) is 43.5 Å². The van der Waals surface area contributed by atoms with Crippen LogP contribution < -0.4 is 0 Å². The van der Waals surface area contributed by atoms with Gasteiger partial charge in [-0.15, -0.1) is 0 Å². The van der Waals surface area contributed by atoms with Crippen LogP contribution in [0.2, 0.25) is 0 Å². The second-order valence-electron chi connectivity index (χ2n) is 3.41. The van der Waals surface area contributed by atoms with Crippen molar-refractivity contribution in [2.75, 3.05) is 0 Å². The minimum atomic E-state index is 0.728. The third-order valence-electron chi connectivity index (χ3n) is 2.02. The first kappa shape index (κ1) is 11.0. The molecular weight excluding hydrogens is 238 g/mol. The molecule has 0 radical (unpaired) electrons. The molecule has 1 rings (SSSR count). The van der Waals surface area contributed by atoms with Crippen LogP contribution in [-0.4, -0.2) is 0 Å². The Bertz CT molecular complexity index is 401. The normalized spacial score (nSPS) is 11.2. The van der Waals surface area contributed by atoms with E-state index in [4.69, 9.17) is 5.26 Å². The van der Waals surface area contributed by atoms with E-state index < -0.39 is 0 Å². The van der Waals surface area contributed by atoms with Gasteiger partial charge in [0.15, 0.2) is 0 Å². The summed E-state index contributed by atoms with van der Waals surface area (Å²) >= 11 is 3.51. The maximum absolute atomic E-state index is 8.66. The van der Waals surface area contributed by atoms with Crippen LogP contribution in [-0.2, 0) is 0 Å². The zero-order valence-electron chi connectivity index (χ0n) is 8.56. The molecule has 1 nitrogen and oxygen atoms in total. The van der Waals surface area contributed by atoms with E-state index in [1.165, 1.54) is 11.1 Å². The van der Waals surface area contributed by atoms with Crippen molar-refractivity contribution in [2.45, 2.75) is 20.8 Å². The Balaban J connectivity index is 3.21. The lowest BCUT2D eigenvalue weighted by molar-refractivity contribution is 1.33. The number of halogens is 1. The smallest absolute Gasteiger partial charge is 0.0944 e. The average Bonchev–Trinajstić information content (AvgIpc) is 2.14. The van der Waals surface area contributed by atoms with Gasteiger partial charge in [0.1, 0.15) is 0 Å². The predicted molar refractivity (Wildman–Crippen MR) is 62.9 cm³/mol. The number of nitriles is 1. The molecule has 0 spiro atoms. The lowest BCUT2D eigenvalue weighted by Crippen LogP contribution is -1.84. The Morgan fingerprint density at radius 1 is 1.36 bits per heavy atom. The highest BCUT2D eigenvalue weighted by molar-refractivity contribution is 9.10. The molecule has 0 unspecified atom stereocenters. The van der Waals surface area contributed by atoms with Gasteiger partial charge in [-0.1, -0.05) is 28.1 Å². The maximum Gasteiger partial charge on any atom is 0.0944 e. The summed E-state index contributed by atoms with van der Waals surface area (Å²) in [6.45, 7) is 5.92. The van der Waals surface area contributed by atoms with Crippen molar-refractivity contribution in [1.82, 2.24) is 0 Å². The summed E-state index contributed by atoms with van der Waals surface area (Å²) in [5.41, 5.74) is 4.21. The van der Waals surface area contributed by atoms with Crippen molar-refractivity contribution in [2.24, 2.45) is 0 Å². The Morgan fingerprint density at radius 3 is 2.29 bits per heavy atom. The van der Waals surface area contributed by atoms with Crippen molar-refractivity contribution < 1.29 is 0 Å². The molecule has 0 saturated carbocycles. The van der Waals surface area contributed by atoms with Gasteiger partial charge in [-0.2, -0.15) is 5.26 Å². The Hall–Kier alpha value is -1.07. The number of benzene rings is 1. The van der Waals surface area contributed by atoms with Crippen molar-refractivity contribution in [3.8, 4) is 6.07 Å². The molecule has 0 heterocycles. The zero-order valence-corrected chi connectivity index (χ0v) is 10.1. The van der Waals surface area contributed by atoms with E-state index in [0.717, 1.165) is 15.6 Å². The minimum Gasteiger partial charge on any atom is -0.193 e. The molecule has 1 aromatic rings. The molecule has 72 valence electrons. The molecule has 14 heavy (non-hydrogen) atoms. The van der Waals surface area contributed by atoms with Crippen molar-refractivity contribution in [3.05, 3.63) is 38.9 Å². The van der Waals surface area contributed by atoms with Crippen LogP contribution in [0.3, 0.4) is 0 Å². The molecule has 0 aliphatic heterocycles. The molecule has 0 saturated heterocycles.